The van der Waals surface area contributed by atoms with Gasteiger partial charge in [0.15, 0.2) is 0 Å². The molecule has 42 heavy (non-hydrogen) atoms. The minimum absolute atomic E-state index is 0.160. The zero-order chi connectivity index (χ0) is 30.5. The molecular formula is C32H44N4O5S. The van der Waals surface area contributed by atoms with Gasteiger partial charge in [-0.1, -0.05) is 63.9 Å². The SMILES string of the molecule is CCc1cn2c3c(cc(C(=O)N[C@@H](Cc4ccccc4)[C@@H](CNC(C)(C)CCCC(C)C)OC=O)cc13)NS(=O)(=O)C2. The number of carbonyl (C=O) groups is 2. The highest BCUT2D eigenvalue weighted by atomic mass is 32.2. The number of nitrogens with one attached hydrogen (secondary N) is 3. The van der Waals surface area contributed by atoms with Crippen molar-refractivity contribution in [1.29, 1.82) is 0 Å². The van der Waals surface area contributed by atoms with E-state index < -0.39 is 22.2 Å². The highest BCUT2D eigenvalue weighted by Gasteiger charge is 2.30. The van der Waals surface area contributed by atoms with Crippen LogP contribution in [0.4, 0.5) is 5.69 Å². The lowest BCUT2D eigenvalue weighted by Gasteiger charge is -2.32. The van der Waals surface area contributed by atoms with Crippen LogP contribution in [-0.4, -0.2) is 49.6 Å². The van der Waals surface area contributed by atoms with Crippen LogP contribution in [0.25, 0.3) is 10.9 Å². The van der Waals surface area contributed by atoms with Crippen molar-refractivity contribution in [2.24, 2.45) is 5.92 Å². The highest BCUT2D eigenvalue weighted by molar-refractivity contribution is 7.91. The Balaban J connectivity index is 1.61. The number of hydrogen-bond donors (Lipinski definition) is 3. The van der Waals surface area contributed by atoms with Gasteiger partial charge in [-0.15, -0.1) is 0 Å². The number of rotatable bonds is 15. The van der Waals surface area contributed by atoms with Gasteiger partial charge < -0.3 is 19.9 Å². The van der Waals surface area contributed by atoms with E-state index in [1.165, 1.54) is 0 Å². The molecule has 9 nitrogen and oxygen atoms in total. The molecule has 2 aromatic carbocycles. The number of sulfonamides is 1. The summed E-state index contributed by atoms with van der Waals surface area (Å²) in [6.07, 6.45) is 5.53. The number of amides is 1. The number of hydrogen-bond acceptors (Lipinski definition) is 6. The topological polar surface area (TPSA) is 119 Å². The zero-order valence-electron chi connectivity index (χ0n) is 25.3. The first kappa shape index (κ1) is 31.6. The van der Waals surface area contributed by atoms with Crippen LogP contribution in [0, 0.1) is 5.92 Å². The van der Waals surface area contributed by atoms with Gasteiger partial charge in [-0.2, -0.15) is 0 Å². The van der Waals surface area contributed by atoms with Crippen LogP contribution in [0.1, 0.15) is 75.4 Å². The Labute approximate surface area is 249 Å². The molecule has 0 aliphatic carbocycles. The van der Waals surface area contributed by atoms with E-state index in [0.717, 1.165) is 41.3 Å². The lowest BCUT2D eigenvalue weighted by Crippen LogP contribution is -2.53. The van der Waals surface area contributed by atoms with E-state index in [9.17, 15) is 18.0 Å². The van der Waals surface area contributed by atoms with Gasteiger partial charge in [0.25, 0.3) is 22.4 Å². The standard InChI is InChI=1S/C32H44N4O5S/c1-6-24-19-36-20-42(39,40)35-28-17-25(16-26(24)30(28)36)31(38)34-27(15-23-12-8-7-9-13-23)29(41-21-37)18-33-32(4,5)14-10-11-22(2)3/h7-9,12-13,16-17,19,21-22,27,29,33,35H,6,10-11,14-15,18,20H2,1-5H3,(H,34,38)/t27-,29+/m0/s1. The fourth-order valence-corrected chi connectivity index (χ4v) is 6.78. The average Bonchev–Trinajstić information content (AvgIpc) is 3.27. The lowest BCUT2D eigenvalue weighted by atomic mass is 9.93. The molecule has 1 amide bonds. The number of aryl methyl sites for hydroxylation is 1. The average molecular weight is 597 g/mol. The third-order valence-corrected chi connectivity index (χ3v) is 9.08. The van der Waals surface area contributed by atoms with Crippen LogP contribution in [0.15, 0.2) is 48.7 Å². The van der Waals surface area contributed by atoms with Gasteiger partial charge in [0.05, 0.1) is 17.2 Å². The molecule has 0 fully saturated rings. The van der Waals surface area contributed by atoms with Crippen molar-refractivity contribution in [3.8, 4) is 0 Å². The molecule has 0 saturated heterocycles. The fourth-order valence-electron chi connectivity index (χ4n) is 5.66. The normalized spacial score (nSPS) is 15.7. The molecule has 4 rings (SSSR count). The highest BCUT2D eigenvalue weighted by Crippen LogP contribution is 2.34. The van der Waals surface area contributed by atoms with Crippen molar-refractivity contribution >= 4 is 39.0 Å². The number of ether oxygens (including phenoxy) is 1. The molecule has 2 heterocycles. The number of aromatic nitrogens is 1. The Kier molecular flexibility index (Phi) is 9.99. The number of anilines is 1. The van der Waals surface area contributed by atoms with Crippen LogP contribution >= 0.6 is 0 Å². The molecule has 0 spiro atoms. The van der Waals surface area contributed by atoms with Crippen molar-refractivity contribution in [1.82, 2.24) is 15.2 Å². The number of nitrogens with zero attached hydrogens (tertiary/aromatic N) is 1. The Morgan fingerprint density at radius 2 is 1.93 bits per heavy atom. The van der Waals surface area contributed by atoms with Crippen LogP contribution in [0.3, 0.4) is 0 Å². The van der Waals surface area contributed by atoms with Crippen LogP contribution in [0.5, 0.6) is 0 Å². The summed E-state index contributed by atoms with van der Waals surface area (Å²) in [4.78, 5) is 25.4. The van der Waals surface area contributed by atoms with Gasteiger partial charge >= 0.3 is 0 Å². The van der Waals surface area contributed by atoms with E-state index in [2.05, 4.69) is 43.1 Å². The monoisotopic (exact) mass is 596 g/mol. The van der Waals surface area contributed by atoms with Crippen LogP contribution in [-0.2, 0) is 38.3 Å². The largest absolute Gasteiger partial charge is 0.461 e. The molecule has 3 N–H and O–H groups in total. The Hall–Kier alpha value is -3.37. The Morgan fingerprint density at radius 1 is 1.19 bits per heavy atom. The molecule has 0 bridgehead atoms. The maximum absolute atomic E-state index is 13.8. The molecule has 0 unspecified atom stereocenters. The smallest absolute Gasteiger partial charge is 0.293 e. The fraction of sp³-hybridized carbons (Fsp3) is 0.500. The molecule has 1 aromatic heterocycles. The summed E-state index contributed by atoms with van der Waals surface area (Å²) < 4.78 is 35.0. The third-order valence-electron chi connectivity index (χ3n) is 7.93. The first-order valence-corrected chi connectivity index (χ1v) is 16.4. The molecular weight excluding hydrogens is 552 g/mol. The Morgan fingerprint density at radius 3 is 2.60 bits per heavy atom. The van der Waals surface area contributed by atoms with E-state index in [1.807, 2.05) is 49.5 Å². The molecule has 228 valence electrons. The van der Waals surface area contributed by atoms with Crippen molar-refractivity contribution in [2.75, 3.05) is 11.3 Å². The number of carbonyl (C=O) groups excluding carboxylic acids is 2. The summed E-state index contributed by atoms with van der Waals surface area (Å²) in [6.45, 7) is 11.5. The van der Waals surface area contributed by atoms with Gasteiger partial charge in [-0.25, -0.2) is 8.42 Å². The van der Waals surface area contributed by atoms with Crippen LogP contribution < -0.4 is 15.4 Å². The van der Waals surface area contributed by atoms with Gasteiger partial charge in [0, 0.05) is 29.2 Å². The molecule has 0 radical (unpaired) electrons. The van der Waals surface area contributed by atoms with Crippen molar-refractivity contribution in [2.45, 2.75) is 90.3 Å². The van der Waals surface area contributed by atoms with E-state index in [4.69, 9.17) is 4.74 Å². The van der Waals surface area contributed by atoms with E-state index in [1.54, 1.807) is 10.6 Å². The first-order valence-electron chi connectivity index (χ1n) is 14.8. The summed E-state index contributed by atoms with van der Waals surface area (Å²) in [5.41, 5.74) is 3.25. The lowest BCUT2D eigenvalue weighted by molar-refractivity contribution is -0.134. The quantitative estimate of drug-likeness (QED) is 0.213. The summed E-state index contributed by atoms with van der Waals surface area (Å²) in [5.74, 6) is 0.102. The second kappa shape index (κ2) is 13.3. The second-order valence-electron chi connectivity index (χ2n) is 12.3. The summed E-state index contributed by atoms with van der Waals surface area (Å²) >= 11 is 0. The van der Waals surface area contributed by atoms with Gasteiger partial charge in [-0.05, 0) is 62.3 Å². The maximum atomic E-state index is 13.8. The van der Waals surface area contributed by atoms with Crippen molar-refractivity contribution < 1.29 is 22.7 Å². The van der Waals surface area contributed by atoms with Gasteiger partial charge in [-0.3, -0.25) is 14.3 Å². The van der Waals surface area contributed by atoms with Gasteiger partial charge in [0.1, 0.15) is 12.0 Å². The summed E-state index contributed by atoms with van der Waals surface area (Å²) in [7, 11) is -3.58. The van der Waals surface area contributed by atoms with E-state index in [0.29, 0.717) is 43.0 Å². The maximum Gasteiger partial charge on any atom is 0.293 e. The van der Waals surface area contributed by atoms with Crippen LogP contribution in [0.2, 0.25) is 0 Å². The molecule has 3 aromatic rings. The molecule has 1 aliphatic rings. The van der Waals surface area contributed by atoms with E-state index in [-0.39, 0.29) is 17.3 Å². The predicted octanol–water partition coefficient (Wildman–Crippen LogP) is 4.99. The van der Waals surface area contributed by atoms with E-state index >= 15 is 0 Å². The second-order valence-corrected chi connectivity index (χ2v) is 14.0. The van der Waals surface area contributed by atoms with Gasteiger partial charge in [0.2, 0.25) is 0 Å². The predicted molar refractivity (Wildman–Crippen MR) is 167 cm³/mol. The minimum Gasteiger partial charge on any atom is -0.461 e. The van der Waals surface area contributed by atoms with Crippen molar-refractivity contribution in [3.05, 3.63) is 65.4 Å². The molecule has 1 aliphatic heterocycles. The Bertz CT molecular complexity index is 1500. The summed E-state index contributed by atoms with van der Waals surface area (Å²) in [5, 5.41) is 7.51. The van der Waals surface area contributed by atoms with Crippen molar-refractivity contribution in [3.63, 3.8) is 0 Å². The molecule has 10 heteroatoms. The first-order chi connectivity index (χ1) is 19.9. The molecule has 0 saturated carbocycles. The third kappa shape index (κ3) is 7.92. The zero-order valence-corrected chi connectivity index (χ0v) is 26.1. The minimum atomic E-state index is -3.58. The molecule has 2 atom stereocenters. The number of benzene rings is 2. The summed E-state index contributed by atoms with van der Waals surface area (Å²) in [6, 6.07) is 12.6.